The molecule has 1 aromatic carbocycles. The lowest BCUT2D eigenvalue weighted by Crippen LogP contribution is -2.21. The first kappa shape index (κ1) is 12.3. The SMILES string of the molecule is CCOC(=O)c1n[nH]c2c(C)cc(C)cc2c1=O. The zero-order chi connectivity index (χ0) is 13.3. The first-order valence-electron chi connectivity index (χ1n) is 5.71. The van der Waals surface area contributed by atoms with Crippen LogP contribution in [0, 0.1) is 13.8 Å². The maximum Gasteiger partial charge on any atom is 0.362 e. The van der Waals surface area contributed by atoms with E-state index in [0.717, 1.165) is 11.1 Å². The fourth-order valence-electron chi connectivity index (χ4n) is 1.92. The van der Waals surface area contributed by atoms with Gasteiger partial charge in [0.25, 0.3) is 0 Å². The van der Waals surface area contributed by atoms with Crippen molar-refractivity contribution in [2.75, 3.05) is 6.61 Å². The van der Waals surface area contributed by atoms with Gasteiger partial charge in [-0.1, -0.05) is 6.07 Å². The molecule has 0 unspecified atom stereocenters. The molecule has 5 nitrogen and oxygen atoms in total. The van der Waals surface area contributed by atoms with Crippen LogP contribution < -0.4 is 5.43 Å². The zero-order valence-electron chi connectivity index (χ0n) is 10.5. The second-order valence-corrected chi connectivity index (χ2v) is 4.13. The number of nitrogens with one attached hydrogen (secondary N) is 1. The van der Waals surface area contributed by atoms with E-state index in [0.29, 0.717) is 10.9 Å². The van der Waals surface area contributed by atoms with Crippen molar-refractivity contribution in [3.63, 3.8) is 0 Å². The van der Waals surface area contributed by atoms with Crippen molar-refractivity contribution in [2.24, 2.45) is 0 Å². The normalized spacial score (nSPS) is 10.6. The van der Waals surface area contributed by atoms with Crippen LogP contribution in [0.4, 0.5) is 0 Å². The molecule has 0 aliphatic heterocycles. The van der Waals surface area contributed by atoms with E-state index in [9.17, 15) is 9.59 Å². The Morgan fingerprint density at radius 1 is 1.39 bits per heavy atom. The Morgan fingerprint density at radius 2 is 2.11 bits per heavy atom. The van der Waals surface area contributed by atoms with Crippen LogP contribution in [0.1, 0.15) is 28.5 Å². The summed E-state index contributed by atoms with van der Waals surface area (Å²) in [4.78, 5) is 23.7. The Labute approximate surface area is 104 Å². The van der Waals surface area contributed by atoms with Gasteiger partial charge in [0, 0.05) is 0 Å². The number of H-pyrrole nitrogens is 1. The summed E-state index contributed by atoms with van der Waals surface area (Å²) in [5, 5.41) is 7.01. The number of carbonyl (C=O) groups is 1. The predicted molar refractivity (Wildman–Crippen MR) is 67.8 cm³/mol. The quantitative estimate of drug-likeness (QED) is 0.819. The summed E-state index contributed by atoms with van der Waals surface area (Å²) in [6, 6.07) is 3.69. The molecule has 0 fully saturated rings. The molecule has 0 saturated carbocycles. The molecule has 0 amide bonds. The standard InChI is InChI=1S/C13H14N2O3/c1-4-18-13(17)11-12(16)9-6-7(2)5-8(3)10(9)14-15-11/h5-6H,4H2,1-3H3,(H,14,16). The third-order valence-corrected chi connectivity index (χ3v) is 2.69. The summed E-state index contributed by atoms with van der Waals surface area (Å²) < 4.78 is 4.80. The molecule has 0 aliphatic rings. The molecule has 0 radical (unpaired) electrons. The third-order valence-electron chi connectivity index (χ3n) is 2.69. The molecule has 2 rings (SSSR count). The van der Waals surface area contributed by atoms with Crippen LogP contribution in [0.5, 0.6) is 0 Å². The summed E-state index contributed by atoms with van der Waals surface area (Å²) in [5.41, 5.74) is 1.94. The molecule has 0 saturated heterocycles. The van der Waals surface area contributed by atoms with Gasteiger partial charge in [0.1, 0.15) is 0 Å². The highest BCUT2D eigenvalue weighted by Gasteiger charge is 2.16. The molecule has 2 aromatic rings. The lowest BCUT2D eigenvalue weighted by Gasteiger charge is -2.05. The topological polar surface area (TPSA) is 72.0 Å². The molecule has 1 aromatic heterocycles. The number of aromatic nitrogens is 2. The minimum absolute atomic E-state index is 0.200. The van der Waals surface area contributed by atoms with Gasteiger partial charge in [0.2, 0.25) is 11.1 Å². The zero-order valence-corrected chi connectivity index (χ0v) is 10.5. The van der Waals surface area contributed by atoms with Gasteiger partial charge in [-0.2, -0.15) is 5.10 Å². The minimum atomic E-state index is -0.695. The number of nitrogens with zero attached hydrogens (tertiary/aromatic N) is 1. The largest absolute Gasteiger partial charge is 0.461 e. The van der Waals surface area contributed by atoms with Crippen molar-refractivity contribution in [1.29, 1.82) is 0 Å². The van der Waals surface area contributed by atoms with Crippen molar-refractivity contribution in [2.45, 2.75) is 20.8 Å². The number of benzene rings is 1. The highest BCUT2D eigenvalue weighted by Crippen LogP contribution is 2.15. The Morgan fingerprint density at radius 3 is 2.78 bits per heavy atom. The van der Waals surface area contributed by atoms with E-state index in [1.807, 2.05) is 19.9 Å². The lowest BCUT2D eigenvalue weighted by molar-refractivity contribution is 0.0517. The van der Waals surface area contributed by atoms with Crippen molar-refractivity contribution in [3.05, 3.63) is 39.2 Å². The van der Waals surface area contributed by atoms with Gasteiger partial charge in [-0.05, 0) is 38.0 Å². The summed E-state index contributed by atoms with van der Waals surface area (Å²) in [7, 11) is 0. The highest BCUT2D eigenvalue weighted by molar-refractivity contribution is 5.92. The summed E-state index contributed by atoms with van der Waals surface area (Å²) in [6.45, 7) is 5.68. The summed E-state index contributed by atoms with van der Waals surface area (Å²) >= 11 is 0. The predicted octanol–water partition coefficient (Wildman–Crippen LogP) is 1.72. The van der Waals surface area contributed by atoms with Gasteiger partial charge in [-0.3, -0.25) is 9.89 Å². The molecule has 1 heterocycles. The van der Waals surface area contributed by atoms with Crippen molar-refractivity contribution in [3.8, 4) is 0 Å². The molecule has 0 bridgehead atoms. The second-order valence-electron chi connectivity index (χ2n) is 4.13. The van der Waals surface area contributed by atoms with Crippen LogP contribution in [0.25, 0.3) is 10.9 Å². The van der Waals surface area contributed by atoms with E-state index in [-0.39, 0.29) is 12.3 Å². The Kier molecular flexibility index (Phi) is 3.14. The van der Waals surface area contributed by atoms with Gasteiger partial charge >= 0.3 is 5.97 Å². The van der Waals surface area contributed by atoms with E-state index in [4.69, 9.17) is 4.74 Å². The molecule has 18 heavy (non-hydrogen) atoms. The third kappa shape index (κ3) is 1.99. The molecule has 1 N–H and O–H groups in total. The number of ether oxygens (including phenoxy) is 1. The first-order valence-corrected chi connectivity index (χ1v) is 5.71. The highest BCUT2D eigenvalue weighted by atomic mass is 16.5. The van der Waals surface area contributed by atoms with E-state index in [1.165, 1.54) is 0 Å². The second kappa shape index (κ2) is 4.60. The van der Waals surface area contributed by atoms with Gasteiger partial charge < -0.3 is 4.74 Å². The fraction of sp³-hybridized carbons (Fsp3) is 0.308. The van der Waals surface area contributed by atoms with Gasteiger partial charge in [-0.25, -0.2) is 4.79 Å². The maximum absolute atomic E-state index is 12.2. The van der Waals surface area contributed by atoms with E-state index < -0.39 is 11.4 Å². The number of rotatable bonds is 2. The molecule has 0 spiro atoms. The first-order chi connectivity index (χ1) is 8.54. The van der Waals surface area contributed by atoms with E-state index in [2.05, 4.69) is 10.2 Å². The smallest absolute Gasteiger partial charge is 0.362 e. The van der Waals surface area contributed by atoms with Crippen molar-refractivity contribution >= 4 is 16.9 Å². The van der Waals surface area contributed by atoms with Gasteiger partial charge in [0.15, 0.2) is 0 Å². The van der Waals surface area contributed by atoms with E-state index in [1.54, 1.807) is 13.0 Å². The maximum atomic E-state index is 12.2. The minimum Gasteiger partial charge on any atom is -0.461 e. The lowest BCUT2D eigenvalue weighted by atomic mass is 10.1. The van der Waals surface area contributed by atoms with E-state index >= 15 is 0 Å². The van der Waals surface area contributed by atoms with Gasteiger partial charge in [-0.15, -0.1) is 0 Å². The van der Waals surface area contributed by atoms with Crippen LogP contribution in [-0.2, 0) is 4.74 Å². The molecular formula is C13H14N2O3. The number of aryl methyl sites for hydroxylation is 2. The van der Waals surface area contributed by atoms with Crippen LogP contribution in [-0.4, -0.2) is 22.8 Å². The molecular weight excluding hydrogens is 232 g/mol. The summed E-state index contributed by atoms with van der Waals surface area (Å²) in [5.74, 6) is -0.695. The van der Waals surface area contributed by atoms with Gasteiger partial charge in [0.05, 0.1) is 17.5 Å². The number of hydrogen-bond acceptors (Lipinski definition) is 4. The van der Waals surface area contributed by atoms with Crippen molar-refractivity contribution in [1.82, 2.24) is 10.2 Å². The monoisotopic (exact) mass is 246 g/mol. The van der Waals surface area contributed by atoms with Crippen LogP contribution >= 0.6 is 0 Å². The molecule has 0 atom stereocenters. The molecule has 94 valence electrons. The average molecular weight is 246 g/mol. The molecule has 5 heteroatoms. The molecule has 0 aliphatic carbocycles. The number of carbonyl (C=O) groups excluding carboxylic acids is 1. The fourth-order valence-corrected chi connectivity index (χ4v) is 1.92. The average Bonchev–Trinajstić information content (AvgIpc) is 2.30. The Hall–Kier alpha value is -2.17. The van der Waals surface area contributed by atoms with Crippen LogP contribution in [0.15, 0.2) is 16.9 Å². The number of fused-ring (bicyclic) bond motifs is 1. The number of hydrogen-bond donors (Lipinski definition) is 1. The Balaban J connectivity index is 2.71. The Bertz CT molecular complexity index is 674. The van der Waals surface area contributed by atoms with Crippen LogP contribution in [0.2, 0.25) is 0 Å². The van der Waals surface area contributed by atoms with Crippen LogP contribution in [0.3, 0.4) is 0 Å². The summed E-state index contributed by atoms with van der Waals surface area (Å²) in [6.07, 6.45) is 0. The number of esters is 1. The van der Waals surface area contributed by atoms with Crippen molar-refractivity contribution < 1.29 is 9.53 Å². The number of aromatic amines is 1.